The van der Waals surface area contributed by atoms with Crippen LogP contribution in [0.15, 0.2) is 65.3 Å². The summed E-state index contributed by atoms with van der Waals surface area (Å²) in [6, 6.07) is 14.6. The Hall–Kier alpha value is -3.48. The van der Waals surface area contributed by atoms with Crippen molar-refractivity contribution in [3.05, 3.63) is 83.5 Å². The highest BCUT2D eigenvalue weighted by Gasteiger charge is 2.14. The van der Waals surface area contributed by atoms with Gasteiger partial charge in [0.15, 0.2) is 5.69 Å². The number of halogens is 1. The first-order chi connectivity index (χ1) is 12.6. The molecule has 0 aliphatic heterocycles. The van der Waals surface area contributed by atoms with Gasteiger partial charge in [0.25, 0.3) is 11.8 Å². The molecule has 0 saturated carbocycles. The van der Waals surface area contributed by atoms with Gasteiger partial charge in [-0.15, -0.1) is 0 Å². The number of nitrogens with zero attached hydrogens (tertiary/aromatic N) is 1. The first kappa shape index (κ1) is 17.3. The van der Waals surface area contributed by atoms with E-state index in [9.17, 15) is 14.0 Å². The van der Waals surface area contributed by atoms with Crippen molar-refractivity contribution in [1.82, 2.24) is 10.3 Å². The lowest BCUT2D eigenvalue weighted by atomic mass is 10.1. The van der Waals surface area contributed by atoms with E-state index in [4.69, 9.17) is 4.42 Å². The van der Waals surface area contributed by atoms with Crippen LogP contribution in [-0.2, 0) is 6.42 Å². The van der Waals surface area contributed by atoms with Crippen molar-refractivity contribution in [1.29, 1.82) is 0 Å². The normalized spacial score (nSPS) is 10.3. The second-order valence-electron chi connectivity index (χ2n) is 5.49. The fourth-order valence-corrected chi connectivity index (χ4v) is 2.26. The minimum atomic E-state index is -0.420. The first-order valence-electron chi connectivity index (χ1n) is 7.96. The van der Waals surface area contributed by atoms with E-state index >= 15 is 0 Å². The summed E-state index contributed by atoms with van der Waals surface area (Å²) in [6.45, 7) is 0.364. The van der Waals surface area contributed by atoms with Crippen molar-refractivity contribution in [2.45, 2.75) is 6.42 Å². The first-order valence-corrected chi connectivity index (χ1v) is 7.96. The van der Waals surface area contributed by atoms with Gasteiger partial charge in [-0.05, 0) is 36.2 Å². The number of nitrogens with one attached hydrogen (secondary N) is 2. The maximum absolute atomic E-state index is 12.8. The Morgan fingerprint density at radius 3 is 2.46 bits per heavy atom. The summed E-state index contributed by atoms with van der Waals surface area (Å²) in [5, 5.41) is 5.18. The topological polar surface area (TPSA) is 84.2 Å². The van der Waals surface area contributed by atoms with Gasteiger partial charge in [-0.2, -0.15) is 4.98 Å². The van der Waals surface area contributed by atoms with E-state index in [0.717, 1.165) is 5.56 Å². The molecule has 0 radical (unpaired) electrons. The van der Waals surface area contributed by atoms with Gasteiger partial charge in [0.2, 0.25) is 0 Å². The summed E-state index contributed by atoms with van der Waals surface area (Å²) in [5.74, 6) is -1.10. The van der Waals surface area contributed by atoms with Crippen LogP contribution in [0.2, 0.25) is 0 Å². The molecule has 0 saturated heterocycles. The minimum Gasteiger partial charge on any atom is -0.431 e. The predicted molar refractivity (Wildman–Crippen MR) is 93.3 cm³/mol. The Labute approximate surface area is 149 Å². The average Bonchev–Trinajstić information content (AvgIpc) is 3.12. The second-order valence-corrected chi connectivity index (χ2v) is 5.49. The predicted octanol–water partition coefficient (Wildman–Crippen LogP) is 3.04. The maximum Gasteiger partial charge on any atom is 0.302 e. The summed E-state index contributed by atoms with van der Waals surface area (Å²) in [4.78, 5) is 28.0. The van der Waals surface area contributed by atoms with Crippen molar-refractivity contribution in [2.75, 3.05) is 11.9 Å². The maximum atomic E-state index is 12.8. The summed E-state index contributed by atoms with van der Waals surface area (Å²) in [6.07, 6.45) is 1.73. The van der Waals surface area contributed by atoms with Crippen LogP contribution < -0.4 is 10.6 Å². The van der Waals surface area contributed by atoms with E-state index in [0.29, 0.717) is 18.5 Å². The molecule has 0 unspecified atom stereocenters. The van der Waals surface area contributed by atoms with Crippen LogP contribution in [0, 0.1) is 5.82 Å². The molecule has 26 heavy (non-hydrogen) atoms. The number of carbonyl (C=O) groups is 2. The molecule has 0 aliphatic rings. The molecule has 1 aromatic heterocycles. The van der Waals surface area contributed by atoms with Gasteiger partial charge in [0.05, 0.1) is 0 Å². The Morgan fingerprint density at radius 2 is 1.73 bits per heavy atom. The summed E-state index contributed by atoms with van der Waals surface area (Å²) < 4.78 is 18.0. The smallest absolute Gasteiger partial charge is 0.302 e. The average molecular weight is 353 g/mol. The van der Waals surface area contributed by atoms with Crippen LogP contribution in [0.4, 0.5) is 10.4 Å². The number of hydrogen-bond donors (Lipinski definition) is 2. The highest BCUT2D eigenvalue weighted by atomic mass is 19.1. The molecule has 6 nitrogen and oxygen atoms in total. The molecule has 132 valence electrons. The highest BCUT2D eigenvalue weighted by Crippen LogP contribution is 2.10. The lowest BCUT2D eigenvalue weighted by Gasteiger charge is -2.03. The number of oxazole rings is 1. The molecule has 3 rings (SSSR count). The minimum absolute atomic E-state index is 0.0532. The van der Waals surface area contributed by atoms with Gasteiger partial charge in [0, 0.05) is 12.1 Å². The molecule has 2 aromatic carbocycles. The van der Waals surface area contributed by atoms with Crippen LogP contribution in [0.25, 0.3) is 0 Å². The van der Waals surface area contributed by atoms with Gasteiger partial charge < -0.3 is 9.73 Å². The number of anilines is 1. The number of hydrogen-bond acceptors (Lipinski definition) is 4. The molecule has 0 spiro atoms. The molecular weight excluding hydrogens is 337 g/mol. The fraction of sp³-hybridized carbons (Fsp3) is 0.105. The van der Waals surface area contributed by atoms with E-state index in [1.807, 2.05) is 0 Å². The Bertz CT molecular complexity index is 892. The lowest BCUT2D eigenvalue weighted by Crippen LogP contribution is -2.26. The van der Waals surface area contributed by atoms with Crippen LogP contribution in [0.1, 0.15) is 26.4 Å². The number of aromatic nitrogens is 1. The molecule has 7 heteroatoms. The molecule has 0 bridgehead atoms. The van der Waals surface area contributed by atoms with Crippen molar-refractivity contribution in [3.8, 4) is 0 Å². The molecule has 1 heterocycles. The van der Waals surface area contributed by atoms with Gasteiger partial charge >= 0.3 is 6.01 Å². The largest absolute Gasteiger partial charge is 0.431 e. The Morgan fingerprint density at radius 1 is 1.00 bits per heavy atom. The SMILES string of the molecule is O=C(Nc1nc(C(=O)NCCc2ccc(F)cc2)co1)c1ccccc1. The molecule has 0 atom stereocenters. The van der Waals surface area contributed by atoms with Crippen molar-refractivity contribution < 1.29 is 18.4 Å². The number of carbonyl (C=O) groups excluding carboxylic acids is 2. The van der Waals surface area contributed by atoms with Crippen molar-refractivity contribution >= 4 is 17.8 Å². The molecule has 2 amide bonds. The van der Waals surface area contributed by atoms with E-state index in [1.165, 1.54) is 18.4 Å². The summed E-state index contributed by atoms with van der Waals surface area (Å²) in [5.41, 5.74) is 1.42. The van der Waals surface area contributed by atoms with Gasteiger partial charge in [0.1, 0.15) is 12.1 Å². The second kappa shape index (κ2) is 8.06. The zero-order chi connectivity index (χ0) is 18.4. The zero-order valence-electron chi connectivity index (χ0n) is 13.7. The molecule has 0 fully saturated rings. The lowest BCUT2D eigenvalue weighted by molar-refractivity contribution is 0.0948. The van der Waals surface area contributed by atoms with Crippen molar-refractivity contribution in [2.24, 2.45) is 0 Å². The molecule has 2 N–H and O–H groups in total. The molecule has 0 aliphatic carbocycles. The van der Waals surface area contributed by atoms with E-state index in [2.05, 4.69) is 15.6 Å². The fourth-order valence-electron chi connectivity index (χ4n) is 2.26. The monoisotopic (exact) mass is 353 g/mol. The summed E-state index contributed by atoms with van der Waals surface area (Å²) >= 11 is 0. The van der Waals surface area contributed by atoms with E-state index in [-0.39, 0.29) is 23.4 Å². The third-order valence-electron chi connectivity index (χ3n) is 3.61. The quantitative estimate of drug-likeness (QED) is 0.713. The van der Waals surface area contributed by atoms with Gasteiger partial charge in [-0.3, -0.25) is 14.9 Å². The molecular formula is C19H16FN3O3. The number of benzene rings is 2. The van der Waals surface area contributed by atoms with Gasteiger partial charge in [-0.25, -0.2) is 4.39 Å². The van der Waals surface area contributed by atoms with Crippen molar-refractivity contribution in [3.63, 3.8) is 0 Å². The standard InChI is InChI=1S/C19H16FN3O3/c20-15-8-6-13(7-9-15)10-11-21-18(25)16-12-26-19(22-16)23-17(24)14-4-2-1-3-5-14/h1-9,12H,10-11H2,(H,21,25)(H,22,23,24). The zero-order valence-corrected chi connectivity index (χ0v) is 13.7. The molecule has 3 aromatic rings. The Kier molecular flexibility index (Phi) is 5.38. The summed E-state index contributed by atoms with van der Waals surface area (Å²) in [7, 11) is 0. The number of amides is 2. The third kappa shape index (κ3) is 4.54. The number of rotatable bonds is 6. The van der Waals surface area contributed by atoms with Gasteiger partial charge in [-0.1, -0.05) is 30.3 Å². The van der Waals surface area contributed by atoms with E-state index in [1.54, 1.807) is 42.5 Å². The van der Waals surface area contributed by atoms with Crippen LogP contribution >= 0.6 is 0 Å². The highest BCUT2D eigenvalue weighted by molar-refractivity contribution is 6.03. The third-order valence-corrected chi connectivity index (χ3v) is 3.61. The Balaban J connectivity index is 1.51. The van der Waals surface area contributed by atoms with Crippen LogP contribution in [0.3, 0.4) is 0 Å². The van der Waals surface area contributed by atoms with Crippen LogP contribution in [0.5, 0.6) is 0 Å². The van der Waals surface area contributed by atoms with Crippen LogP contribution in [-0.4, -0.2) is 23.3 Å². The van der Waals surface area contributed by atoms with E-state index < -0.39 is 5.91 Å².